The zero-order valence-electron chi connectivity index (χ0n) is 17.5. The van der Waals surface area contributed by atoms with E-state index in [1.807, 2.05) is 18.2 Å². The lowest BCUT2D eigenvalue weighted by molar-refractivity contribution is -0.137. The standard InChI is InChI=1S/C23H30N4O3/c1-2-30-22(28)10-4-17-3-9-21-20(15-17)23(25-16-24-21)26-18-5-7-19(8-6-18)27-11-13-29-14-12-27/h3-4,9-10,15-16,18-19H,2,5-8,11-14H2,1H3,(H,24,25,26). The molecule has 7 heteroatoms. The van der Waals surface area contributed by atoms with Crippen LogP contribution in [0.3, 0.4) is 0 Å². The van der Waals surface area contributed by atoms with Crippen LogP contribution in [0.2, 0.25) is 0 Å². The van der Waals surface area contributed by atoms with Gasteiger partial charge in [0.2, 0.25) is 0 Å². The third-order valence-corrected chi connectivity index (χ3v) is 5.96. The second-order valence-corrected chi connectivity index (χ2v) is 7.88. The van der Waals surface area contributed by atoms with Crippen molar-refractivity contribution in [3.63, 3.8) is 0 Å². The minimum Gasteiger partial charge on any atom is -0.463 e. The first-order valence-electron chi connectivity index (χ1n) is 10.9. The van der Waals surface area contributed by atoms with Crippen molar-refractivity contribution in [3.05, 3.63) is 36.2 Å². The van der Waals surface area contributed by atoms with Crippen LogP contribution in [-0.2, 0) is 14.3 Å². The summed E-state index contributed by atoms with van der Waals surface area (Å²) in [7, 11) is 0. The smallest absolute Gasteiger partial charge is 0.330 e. The van der Waals surface area contributed by atoms with Gasteiger partial charge in [0.25, 0.3) is 0 Å². The Morgan fingerprint density at radius 2 is 2.03 bits per heavy atom. The van der Waals surface area contributed by atoms with Gasteiger partial charge >= 0.3 is 5.97 Å². The summed E-state index contributed by atoms with van der Waals surface area (Å²) in [5, 5.41) is 4.62. The number of fused-ring (bicyclic) bond motifs is 1. The number of nitrogens with one attached hydrogen (secondary N) is 1. The highest BCUT2D eigenvalue weighted by Gasteiger charge is 2.27. The summed E-state index contributed by atoms with van der Waals surface area (Å²) < 4.78 is 10.4. The van der Waals surface area contributed by atoms with Gasteiger partial charge in [-0.1, -0.05) is 6.07 Å². The fourth-order valence-electron chi connectivity index (χ4n) is 4.37. The van der Waals surface area contributed by atoms with Crippen molar-refractivity contribution in [1.29, 1.82) is 0 Å². The van der Waals surface area contributed by atoms with E-state index in [4.69, 9.17) is 9.47 Å². The normalized spacial score (nSPS) is 23.0. The number of benzene rings is 1. The molecule has 1 saturated heterocycles. The van der Waals surface area contributed by atoms with Crippen LogP contribution in [0.1, 0.15) is 38.2 Å². The molecule has 1 aromatic carbocycles. The van der Waals surface area contributed by atoms with Gasteiger partial charge in [-0.25, -0.2) is 14.8 Å². The first kappa shape index (κ1) is 20.8. The molecule has 2 aromatic rings. The van der Waals surface area contributed by atoms with Crippen molar-refractivity contribution < 1.29 is 14.3 Å². The van der Waals surface area contributed by atoms with E-state index < -0.39 is 0 Å². The third-order valence-electron chi connectivity index (χ3n) is 5.96. The number of anilines is 1. The quantitative estimate of drug-likeness (QED) is 0.579. The number of morpholine rings is 1. The second kappa shape index (κ2) is 10.00. The van der Waals surface area contributed by atoms with Gasteiger partial charge in [-0.05, 0) is 56.4 Å². The van der Waals surface area contributed by atoms with Gasteiger partial charge in [0, 0.05) is 36.6 Å². The molecule has 4 rings (SSSR count). The van der Waals surface area contributed by atoms with E-state index >= 15 is 0 Å². The van der Waals surface area contributed by atoms with E-state index in [1.165, 1.54) is 18.9 Å². The minimum atomic E-state index is -0.336. The first-order chi connectivity index (χ1) is 14.7. The number of ether oxygens (including phenoxy) is 2. The lowest BCUT2D eigenvalue weighted by Gasteiger charge is -2.39. The molecule has 7 nitrogen and oxygen atoms in total. The lowest BCUT2D eigenvalue weighted by atomic mass is 9.90. The maximum Gasteiger partial charge on any atom is 0.330 e. The fourth-order valence-corrected chi connectivity index (χ4v) is 4.37. The van der Waals surface area contributed by atoms with Gasteiger partial charge in [0.05, 0.1) is 25.3 Å². The molecular weight excluding hydrogens is 380 g/mol. The molecule has 0 bridgehead atoms. The Morgan fingerprint density at radius 3 is 2.80 bits per heavy atom. The fraction of sp³-hybridized carbons (Fsp3) is 0.522. The molecule has 1 N–H and O–H groups in total. The molecule has 2 heterocycles. The maximum atomic E-state index is 11.6. The summed E-state index contributed by atoms with van der Waals surface area (Å²) in [6, 6.07) is 7.02. The van der Waals surface area contributed by atoms with Gasteiger partial charge in [0.15, 0.2) is 0 Å². The molecule has 1 saturated carbocycles. The van der Waals surface area contributed by atoms with Crippen molar-refractivity contribution in [1.82, 2.24) is 14.9 Å². The summed E-state index contributed by atoms with van der Waals surface area (Å²) in [6.45, 7) is 6.00. The number of esters is 1. The predicted molar refractivity (Wildman–Crippen MR) is 117 cm³/mol. The van der Waals surface area contributed by atoms with Crippen molar-refractivity contribution >= 4 is 28.8 Å². The highest BCUT2D eigenvalue weighted by Crippen LogP contribution is 2.28. The van der Waals surface area contributed by atoms with Crippen LogP contribution in [0.25, 0.3) is 17.0 Å². The largest absolute Gasteiger partial charge is 0.463 e. The topological polar surface area (TPSA) is 76.6 Å². The zero-order chi connectivity index (χ0) is 20.8. The van der Waals surface area contributed by atoms with Gasteiger partial charge in [-0.3, -0.25) is 4.90 Å². The Hall–Kier alpha value is -2.51. The Balaban J connectivity index is 1.42. The molecule has 2 aliphatic rings. The van der Waals surface area contributed by atoms with Crippen molar-refractivity contribution in [2.75, 3.05) is 38.2 Å². The van der Waals surface area contributed by atoms with Crippen LogP contribution in [-0.4, -0.2) is 65.8 Å². The molecule has 1 aromatic heterocycles. The van der Waals surface area contributed by atoms with Crippen molar-refractivity contribution in [3.8, 4) is 0 Å². The molecule has 160 valence electrons. The molecule has 1 aliphatic heterocycles. The first-order valence-corrected chi connectivity index (χ1v) is 10.9. The van der Waals surface area contributed by atoms with Crippen molar-refractivity contribution in [2.45, 2.75) is 44.7 Å². The number of nitrogens with zero attached hydrogens (tertiary/aromatic N) is 3. The molecule has 1 aliphatic carbocycles. The Morgan fingerprint density at radius 1 is 1.23 bits per heavy atom. The lowest BCUT2D eigenvalue weighted by Crippen LogP contribution is -2.46. The Kier molecular flexibility index (Phi) is 6.92. The van der Waals surface area contributed by atoms with Gasteiger partial charge in [-0.15, -0.1) is 0 Å². The number of carbonyl (C=O) groups is 1. The van der Waals surface area contributed by atoms with E-state index in [1.54, 1.807) is 19.3 Å². The van der Waals surface area contributed by atoms with Crippen LogP contribution >= 0.6 is 0 Å². The molecular formula is C23H30N4O3. The number of rotatable bonds is 6. The minimum absolute atomic E-state index is 0.336. The summed E-state index contributed by atoms with van der Waals surface area (Å²) in [6.07, 6.45) is 9.50. The number of aromatic nitrogens is 2. The van der Waals surface area contributed by atoms with E-state index in [-0.39, 0.29) is 5.97 Å². The van der Waals surface area contributed by atoms with E-state index in [0.29, 0.717) is 18.7 Å². The molecule has 30 heavy (non-hydrogen) atoms. The average Bonchev–Trinajstić information content (AvgIpc) is 2.79. The SMILES string of the molecule is CCOC(=O)C=Cc1ccc2ncnc(NC3CCC(N4CCOCC4)CC3)c2c1. The monoisotopic (exact) mass is 410 g/mol. The van der Waals surface area contributed by atoms with Gasteiger partial charge in [0.1, 0.15) is 12.1 Å². The molecule has 0 spiro atoms. The van der Waals surface area contributed by atoms with Gasteiger partial charge < -0.3 is 14.8 Å². The highest BCUT2D eigenvalue weighted by atomic mass is 16.5. The summed E-state index contributed by atoms with van der Waals surface area (Å²) in [5.74, 6) is 0.526. The number of hydrogen-bond acceptors (Lipinski definition) is 7. The van der Waals surface area contributed by atoms with Crippen LogP contribution in [0, 0.1) is 0 Å². The molecule has 2 fully saturated rings. The summed E-state index contributed by atoms with van der Waals surface area (Å²) in [5.41, 5.74) is 1.81. The van der Waals surface area contributed by atoms with Crippen LogP contribution in [0.5, 0.6) is 0 Å². The Labute approximate surface area is 177 Å². The summed E-state index contributed by atoms with van der Waals surface area (Å²) >= 11 is 0. The van der Waals surface area contributed by atoms with Gasteiger partial charge in [-0.2, -0.15) is 0 Å². The molecule has 0 atom stereocenters. The highest BCUT2D eigenvalue weighted by molar-refractivity contribution is 5.92. The van der Waals surface area contributed by atoms with E-state index in [9.17, 15) is 4.79 Å². The summed E-state index contributed by atoms with van der Waals surface area (Å²) in [4.78, 5) is 23.1. The molecule has 0 amide bonds. The third kappa shape index (κ3) is 5.15. The number of carbonyl (C=O) groups excluding carboxylic acids is 1. The number of hydrogen-bond donors (Lipinski definition) is 1. The zero-order valence-corrected chi connectivity index (χ0v) is 17.5. The Bertz CT molecular complexity index is 887. The predicted octanol–water partition coefficient (Wildman–Crippen LogP) is 3.26. The van der Waals surface area contributed by atoms with Crippen LogP contribution in [0.4, 0.5) is 5.82 Å². The average molecular weight is 411 g/mol. The van der Waals surface area contributed by atoms with E-state index in [2.05, 4.69) is 20.2 Å². The van der Waals surface area contributed by atoms with Crippen molar-refractivity contribution in [2.24, 2.45) is 0 Å². The molecule has 0 unspecified atom stereocenters. The molecule has 0 radical (unpaired) electrons. The maximum absolute atomic E-state index is 11.6. The van der Waals surface area contributed by atoms with E-state index in [0.717, 1.165) is 61.4 Å². The second-order valence-electron chi connectivity index (χ2n) is 7.88. The van der Waals surface area contributed by atoms with Crippen LogP contribution in [0.15, 0.2) is 30.6 Å². The van der Waals surface area contributed by atoms with Crippen LogP contribution < -0.4 is 5.32 Å².